The van der Waals surface area contributed by atoms with E-state index in [1.807, 2.05) is 24.3 Å². The maximum Gasteiger partial charge on any atom is 0.407 e. The number of carbonyl (C=O) groups excluding carboxylic acids is 7. The first-order valence-corrected chi connectivity index (χ1v) is 27.1. The van der Waals surface area contributed by atoms with Gasteiger partial charge in [0.15, 0.2) is 11.2 Å². The molecule has 21 heteroatoms. The van der Waals surface area contributed by atoms with Crippen LogP contribution in [0.15, 0.2) is 97.1 Å². The van der Waals surface area contributed by atoms with Crippen LogP contribution in [0, 0.1) is 10.8 Å². The van der Waals surface area contributed by atoms with Gasteiger partial charge in [0.1, 0.15) is 17.1 Å². The van der Waals surface area contributed by atoms with E-state index in [-0.39, 0.29) is 44.7 Å². The monoisotopic (exact) mass is 1180 g/mol. The Labute approximate surface area is 491 Å². The quantitative estimate of drug-likeness (QED) is 0.0306. The molecular formula is C60H79Cl3N4O14. The molecule has 0 bridgehead atoms. The third-order valence-electron chi connectivity index (χ3n) is 13.3. The average molecular weight is 1190 g/mol. The molecule has 81 heavy (non-hydrogen) atoms. The van der Waals surface area contributed by atoms with Gasteiger partial charge in [-0.05, 0) is 171 Å². The summed E-state index contributed by atoms with van der Waals surface area (Å²) in [6.45, 7) is 11.7. The first-order chi connectivity index (χ1) is 37.3. The molecule has 0 heterocycles. The van der Waals surface area contributed by atoms with Crippen molar-refractivity contribution in [2.24, 2.45) is 16.6 Å². The Kier molecular flexibility index (Phi) is 26.8. The van der Waals surface area contributed by atoms with Gasteiger partial charge in [0, 0.05) is 47.4 Å². The fourth-order valence-corrected chi connectivity index (χ4v) is 8.95. The zero-order valence-electron chi connectivity index (χ0n) is 46.5. The van der Waals surface area contributed by atoms with Gasteiger partial charge >= 0.3 is 30.0 Å². The molecule has 2 fully saturated rings. The lowest BCUT2D eigenvalue weighted by atomic mass is 9.86. The highest BCUT2D eigenvalue weighted by molar-refractivity contribution is 6.31. The number of amides is 3. The van der Waals surface area contributed by atoms with E-state index in [0.29, 0.717) is 84.3 Å². The summed E-state index contributed by atoms with van der Waals surface area (Å²) in [7, 11) is 0. The summed E-state index contributed by atoms with van der Waals surface area (Å²) >= 11 is 11.7. The summed E-state index contributed by atoms with van der Waals surface area (Å²) in [4.78, 5) is 87.1. The van der Waals surface area contributed by atoms with Crippen LogP contribution in [-0.4, -0.2) is 98.4 Å². The van der Waals surface area contributed by atoms with Crippen molar-refractivity contribution in [2.75, 3.05) is 39.8 Å². The number of hydrogen-bond donors (Lipinski definition) is 4. The van der Waals surface area contributed by atoms with Gasteiger partial charge < -0.3 is 54.8 Å². The summed E-state index contributed by atoms with van der Waals surface area (Å²) in [5.41, 5.74) is 3.96. The molecule has 0 aliphatic heterocycles. The second-order valence-corrected chi connectivity index (χ2v) is 22.4. The zero-order valence-corrected chi connectivity index (χ0v) is 48.8. The number of carbonyl (C=O) groups is 7. The van der Waals surface area contributed by atoms with Crippen molar-refractivity contribution in [1.82, 2.24) is 16.0 Å². The normalized spacial score (nSPS) is 14.1. The van der Waals surface area contributed by atoms with Crippen LogP contribution < -0.4 is 31.2 Å². The molecule has 0 spiro atoms. The van der Waals surface area contributed by atoms with Gasteiger partial charge in [-0.25, -0.2) is 14.4 Å². The van der Waals surface area contributed by atoms with Crippen molar-refractivity contribution >= 4 is 77.4 Å². The average Bonchev–Trinajstić information content (AvgIpc) is 4.11. The molecule has 4 aromatic carbocycles. The van der Waals surface area contributed by atoms with Crippen LogP contribution in [0.25, 0.3) is 0 Å². The standard InChI is InChI=1S/C32H41ClN2O8.C27H33ClN2O6.CH4.ClH/c1-30(2,3)43-29(39)35-20-32(17-6-7-18-32)28(38)41-21-40-27(37)31(4,5)42-25-14-8-22(9-15-25)16-19-34-26(36)23-10-12-24(33)13-11-23;1-26(2,24(32)34-18-35-25(33)27(17-29)14-3-4-15-27)36-22-11-5-19(6-12-22)13-16-30-23(31)20-7-9-21(28)10-8-20;;/h8-15H,6-7,16-21H2,1-5H3,(H,34,36)(H,35,39);5-12H,3-4,13-18,29H2,1-2H3,(H,30,31);1H4;1H. The molecule has 2 aliphatic carbocycles. The van der Waals surface area contributed by atoms with E-state index in [4.69, 9.17) is 62.1 Å². The summed E-state index contributed by atoms with van der Waals surface area (Å²) in [6, 6.07) is 27.7. The second-order valence-electron chi connectivity index (χ2n) is 21.5. The van der Waals surface area contributed by atoms with Gasteiger partial charge in [-0.2, -0.15) is 0 Å². The second kappa shape index (κ2) is 31.6. The number of halogens is 3. The van der Waals surface area contributed by atoms with E-state index in [1.54, 1.807) is 121 Å². The topological polar surface area (TPSA) is 246 Å². The molecule has 4 aromatic rings. The van der Waals surface area contributed by atoms with Gasteiger partial charge in [0.05, 0.1) is 10.8 Å². The maximum atomic E-state index is 13.0. The number of benzene rings is 4. The molecular weight excluding hydrogens is 1110 g/mol. The highest BCUT2D eigenvalue weighted by Crippen LogP contribution is 2.40. The van der Waals surface area contributed by atoms with Gasteiger partial charge in [0.2, 0.25) is 13.6 Å². The minimum Gasteiger partial charge on any atom is -0.476 e. The number of hydrogen-bond acceptors (Lipinski definition) is 15. The number of esters is 4. The number of alkyl carbamates (subject to hydrolysis) is 1. The molecule has 2 aliphatic rings. The van der Waals surface area contributed by atoms with Crippen LogP contribution >= 0.6 is 35.6 Å². The summed E-state index contributed by atoms with van der Waals surface area (Å²) < 4.78 is 37.8. The predicted molar refractivity (Wildman–Crippen MR) is 310 cm³/mol. The third-order valence-corrected chi connectivity index (χ3v) is 13.8. The van der Waals surface area contributed by atoms with E-state index in [9.17, 15) is 33.6 Å². The van der Waals surface area contributed by atoms with E-state index in [2.05, 4.69) is 16.0 Å². The van der Waals surface area contributed by atoms with Crippen molar-refractivity contribution in [3.63, 3.8) is 0 Å². The third kappa shape index (κ3) is 21.7. The number of rotatable bonds is 23. The summed E-state index contributed by atoms with van der Waals surface area (Å²) in [6.07, 6.45) is 6.62. The number of nitrogens with two attached hydrogens (primary N) is 1. The van der Waals surface area contributed by atoms with Gasteiger partial charge in [0.25, 0.3) is 11.8 Å². The van der Waals surface area contributed by atoms with Crippen molar-refractivity contribution in [3.8, 4) is 11.5 Å². The van der Waals surface area contributed by atoms with E-state index >= 15 is 0 Å². The van der Waals surface area contributed by atoms with Gasteiger partial charge in [-0.1, -0.05) is 80.6 Å². The Bertz CT molecular complexity index is 2680. The highest BCUT2D eigenvalue weighted by Gasteiger charge is 2.44. The number of ether oxygens (including phenoxy) is 7. The van der Waals surface area contributed by atoms with Gasteiger partial charge in [-0.3, -0.25) is 19.2 Å². The summed E-state index contributed by atoms with van der Waals surface area (Å²) in [5, 5.41) is 9.55. The van der Waals surface area contributed by atoms with Crippen molar-refractivity contribution < 1.29 is 66.7 Å². The molecule has 0 saturated heterocycles. The molecule has 6 rings (SSSR count). The van der Waals surface area contributed by atoms with E-state index in [0.717, 1.165) is 36.8 Å². The van der Waals surface area contributed by atoms with E-state index < -0.39 is 71.2 Å². The van der Waals surface area contributed by atoms with E-state index in [1.165, 1.54) is 0 Å². The van der Waals surface area contributed by atoms with Crippen LogP contribution in [0.2, 0.25) is 10.0 Å². The molecule has 444 valence electrons. The highest BCUT2D eigenvalue weighted by atomic mass is 35.5. The zero-order chi connectivity index (χ0) is 57.9. The maximum absolute atomic E-state index is 13.0. The van der Waals surface area contributed by atoms with Crippen molar-refractivity contribution in [1.29, 1.82) is 0 Å². The molecule has 0 radical (unpaired) electrons. The number of nitrogens with one attached hydrogen (secondary N) is 3. The predicted octanol–water partition coefficient (Wildman–Crippen LogP) is 10.7. The largest absolute Gasteiger partial charge is 0.476 e. The first kappa shape index (κ1) is 68.7. The van der Waals surface area contributed by atoms with Crippen LogP contribution in [0.1, 0.15) is 139 Å². The molecule has 0 atom stereocenters. The molecule has 3 amide bonds. The van der Waals surface area contributed by atoms with Crippen molar-refractivity contribution in [2.45, 2.75) is 137 Å². The van der Waals surface area contributed by atoms with Crippen LogP contribution in [0.5, 0.6) is 11.5 Å². The molecule has 5 N–H and O–H groups in total. The fraction of sp³-hybridized carbons (Fsp3) is 0.483. The minimum absolute atomic E-state index is 0. The first-order valence-electron chi connectivity index (χ1n) is 26.3. The lowest BCUT2D eigenvalue weighted by Gasteiger charge is -2.28. The minimum atomic E-state index is -1.36. The SMILES string of the molecule is C.CC(C)(C)OC(=O)NCC1(C(=O)OCOC(=O)C(C)(C)Oc2ccc(CCNC(=O)c3ccc(Cl)cc3)cc2)CCCC1.CC(C)(Oc1ccc(CCNC(=O)c2ccc(Cl)cc2)cc1)C(=O)OCOC(=O)C1(CN)CCCC1.Cl. The molecule has 2 saturated carbocycles. The Morgan fingerprint density at radius 1 is 0.519 bits per heavy atom. The Morgan fingerprint density at radius 2 is 0.877 bits per heavy atom. The molecule has 0 aromatic heterocycles. The van der Waals surface area contributed by atoms with Crippen LogP contribution in [0.4, 0.5) is 4.79 Å². The fourth-order valence-electron chi connectivity index (χ4n) is 8.70. The lowest BCUT2D eigenvalue weighted by molar-refractivity contribution is -0.184. The van der Waals surface area contributed by atoms with Crippen LogP contribution in [0.3, 0.4) is 0 Å². The molecule has 18 nitrogen and oxygen atoms in total. The Morgan fingerprint density at radius 3 is 1.23 bits per heavy atom. The lowest BCUT2D eigenvalue weighted by Crippen LogP contribution is -2.44. The Balaban J connectivity index is 0.000000421. The summed E-state index contributed by atoms with van der Waals surface area (Å²) in [5.74, 6) is -1.74. The Hall–Kier alpha value is -6.60. The van der Waals surface area contributed by atoms with Gasteiger partial charge in [-0.15, -0.1) is 12.4 Å². The smallest absolute Gasteiger partial charge is 0.407 e. The molecule has 0 unspecified atom stereocenters. The van der Waals surface area contributed by atoms with Crippen LogP contribution in [-0.2, 0) is 55.7 Å². The van der Waals surface area contributed by atoms with Crippen molar-refractivity contribution in [3.05, 3.63) is 129 Å².